The number of aryl methyl sites for hydroxylation is 1. The summed E-state index contributed by atoms with van der Waals surface area (Å²) in [4.78, 5) is 8.43. The maximum atomic E-state index is 6.18. The van der Waals surface area contributed by atoms with E-state index < -0.39 is 0 Å². The third kappa shape index (κ3) is 3.78. The highest BCUT2D eigenvalue weighted by molar-refractivity contribution is 9.10. The van der Waals surface area contributed by atoms with E-state index in [-0.39, 0.29) is 0 Å². The van der Waals surface area contributed by atoms with Gasteiger partial charge in [-0.3, -0.25) is 0 Å². The first-order valence-electron chi connectivity index (χ1n) is 7.08. The van der Waals surface area contributed by atoms with Crippen LogP contribution in [0.3, 0.4) is 0 Å². The lowest BCUT2D eigenvalue weighted by Crippen LogP contribution is -2.05. The van der Waals surface area contributed by atoms with Crippen LogP contribution in [0.5, 0.6) is 0 Å². The standard InChI is InChI=1S/C17H16BrN5/c1-11-2-6-13(7-3-11)22-16-15(19)17(21-10-20-16)23-14-8-4-12(18)5-9-14/h2-10H,19H2,1H3,(H2,20,21,22,23). The Hall–Kier alpha value is -2.60. The molecule has 4 N–H and O–H groups in total. The molecule has 0 amide bonds. The molecule has 1 heterocycles. The number of benzene rings is 2. The Labute approximate surface area is 143 Å². The third-order valence-electron chi connectivity index (χ3n) is 3.31. The predicted molar refractivity (Wildman–Crippen MR) is 98.3 cm³/mol. The van der Waals surface area contributed by atoms with Crippen molar-refractivity contribution < 1.29 is 0 Å². The van der Waals surface area contributed by atoms with E-state index in [1.54, 1.807) is 0 Å². The van der Waals surface area contributed by atoms with Crippen molar-refractivity contribution in [2.45, 2.75) is 6.92 Å². The summed E-state index contributed by atoms with van der Waals surface area (Å²) in [6.45, 7) is 2.04. The lowest BCUT2D eigenvalue weighted by atomic mass is 10.2. The number of nitrogen functional groups attached to an aromatic ring is 1. The summed E-state index contributed by atoms with van der Waals surface area (Å²) in [5, 5.41) is 6.41. The van der Waals surface area contributed by atoms with Gasteiger partial charge in [0.2, 0.25) is 0 Å². The van der Waals surface area contributed by atoms with Gasteiger partial charge in [0, 0.05) is 15.8 Å². The quantitative estimate of drug-likeness (QED) is 0.625. The lowest BCUT2D eigenvalue weighted by molar-refractivity contribution is 1.17. The van der Waals surface area contributed by atoms with Crippen molar-refractivity contribution in [2.75, 3.05) is 16.4 Å². The molecule has 0 saturated heterocycles. The third-order valence-corrected chi connectivity index (χ3v) is 3.83. The van der Waals surface area contributed by atoms with Gasteiger partial charge in [0.15, 0.2) is 11.6 Å². The normalized spacial score (nSPS) is 10.3. The Morgan fingerprint density at radius 2 is 1.30 bits per heavy atom. The Morgan fingerprint density at radius 1 is 0.826 bits per heavy atom. The van der Waals surface area contributed by atoms with Crippen LogP contribution in [0, 0.1) is 6.92 Å². The van der Waals surface area contributed by atoms with Gasteiger partial charge >= 0.3 is 0 Å². The molecule has 1 aromatic heterocycles. The van der Waals surface area contributed by atoms with Gasteiger partial charge in [0.05, 0.1) is 0 Å². The minimum absolute atomic E-state index is 0.469. The molecule has 0 saturated carbocycles. The van der Waals surface area contributed by atoms with Crippen LogP contribution in [0.1, 0.15) is 5.56 Å². The molecule has 116 valence electrons. The minimum Gasteiger partial charge on any atom is -0.393 e. The lowest BCUT2D eigenvalue weighted by Gasteiger charge is -2.12. The zero-order chi connectivity index (χ0) is 16.2. The van der Waals surface area contributed by atoms with Crippen molar-refractivity contribution in [2.24, 2.45) is 0 Å². The Morgan fingerprint density at radius 3 is 1.83 bits per heavy atom. The van der Waals surface area contributed by atoms with E-state index in [9.17, 15) is 0 Å². The van der Waals surface area contributed by atoms with E-state index in [1.165, 1.54) is 11.9 Å². The van der Waals surface area contributed by atoms with Gasteiger partial charge in [-0.1, -0.05) is 33.6 Å². The molecule has 0 unspecified atom stereocenters. The second-order valence-corrected chi connectivity index (χ2v) is 6.02. The monoisotopic (exact) mass is 369 g/mol. The zero-order valence-electron chi connectivity index (χ0n) is 12.5. The fourth-order valence-electron chi connectivity index (χ4n) is 2.04. The van der Waals surface area contributed by atoms with Crippen LogP contribution in [0.4, 0.5) is 28.7 Å². The van der Waals surface area contributed by atoms with Crippen molar-refractivity contribution >= 4 is 44.6 Å². The second-order valence-electron chi connectivity index (χ2n) is 5.11. The molecule has 0 bridgehead atoms. The summed E-state index contributed by atoms with van der Waals surface area (Å²) in [5.74, 6) is 1.14. The zero-order valence-corrected chi connectivity index (χ0v) is 14.1. The number of rotatable bonds is 4. The maximum absolute atomic E-state index is 6.18. The molecule has 6 heteroatoms. The van der Waals surface area contributed by atoms with Gasteiger partial charge in [-0.15, -0.1) is 0 Å². The van der Waals surface area contributed by atoms with Crippen molar-refractivity contribution in [1.82, 2.24) is 9.97 Å². The van der Waals surface area contributed by atoms with Gasteiger partial charge in [-0.25, -0.2) is 9.97 Å². The van der Waals surface area contributed by atoms with Crippen LogP contribution in [0.2, 0.25) is 0 Å². The highest BCUT2D eigenvalue weighted by Gasteiger charge is 2.08. The van der Waals surface area contributed by atoms with Gasteiger partial charge in [-0.2, -0.15) is 0 Å². The summed E-state index contributed by atoms with van der Waals surface area (Å²) in [7, 11) is 0. The molecule has 2 aromatic carbocycles. The molecule has 0 spiro atoms. The van der Waals surface area contributed by atoms with Crippen LogP contribution in [-0.4, -0.2) is 9.97 Å². The smallest absolute Gasteiger partial charge is 0.159 e. The first-order valence-corrected chi connectivity index (χ1v) is 7.88. The number of nitrogens with one attached hydrogen (secondary N) is 2. The van der Waals surface area contributed by atoms with Crippen LogP contribution in [0.25, 0.3) is 0 Å². The number of anilines is 5. The van der Waals surface area contributed by atoms with E-state index in [0.29, 0.717) is 17.3 Å². The summed E-state index contributed by atoms with van der Waals surface area (Å²) in [6.07, 6.45) is 1.48. The molecule has 3 aromatic rings. The van der Waals surface area contributed by atoms with Gasteiger partial charge in [0.1, 0.15) is 12.0 Å². The molecule has 0 fully saturated rings. The summed E-state index contributed by atoms with van der Waals surface area (Å²) >= 11 is 3.41. The molecular weight excluding hydrogens is 354 g/mol. The number of hydrogen-bond acceptors (Lipinski definition) is 5. The van der Waals surface area contributed by atoms with Crippen LogP contribution in [0.15, 0.2) is 59.3 Å². The molecule has 0 aliphatic carbocycles. The Kier molecular flexibility index (Phi) is 4.43. The van der Waals surface area contributed by atoms with E-state index in [1.807, 2.05) is 55.5 Å². The van der Waals surface area contributed by atoms with Crippen molar-refractivity contribution in [1.29, 1.82) is 0 Å². The van der Waals surface area contributed by atoms with Crippen molar-refractivity contribution in [3.05, 3.63) is 64.9 Å². The van der Waals surface area contributed by atoms with Gasteiger partial charge in [0.25, 0.3) is 0 Å². The molecule has 0 aliphatic rings. The van der Waals surface area contributed by atoms with E-state index in [0.717, 1.165) is 15.8 Å². The molecule has 0 radical (unpaired) electrons. The number of halogens is 1. The first kappa shape index (κ1) is 15.3. The van der Waals surface area contributed by atoms with Crippen molar-refractivity contribution in [3.8, 4) is 0 Å². The fourth-order valence-corrected chi connectivity index (χ4v) is 2.30. The molecule has 3 rings (SSSR count). The number of nitrogens with two attached hydrogens (primary N) is 1. The van der Waals surface area contributed by atoms with Crippen LogP contribution in [-0.2, 0) is 0 Å². The van der Waals surface area contributed by atoms with Gasteiger partial charge in [-0.05, 0) is 43.3 Å². The average molecular weight is 370 g/mol. The second kappa shape index (κ2) is 6.66. The van der Waals surface area contributed by atoms with Gasteiger partial charge < -0.3 is 16.4 Å². The van der Waals surface area contributed by atoms with Crippen LogP contribution >= 0.6 is 15.9 Å². The molecule has 5 nitrogen and oxygen atoms in total. The Bertz CT molecular complexity index is 734. The number of hydrogen-bond donors (Lipinski definition) is 3. The molecule has 0 atom stereocenters. The van der Waals surface area contributed by atoms with E-state index >= 15 is 0 Å². The largest absolute Gasteiger partial charge is 0.393 e. The highest BCUT2D eigenvalue weighted by Crippen LogP contribution is 2.28. The topological polar surface area (TPSA) is 75.9 Å². The van der Waals surface area contributed by atoms with Crippen molar-refractivity contribution in [3.63, 3.8) is 0 Å². The number of aromatic nitrogens is 2. The maximum Gasteiger partial charge on any atom is 0.159 e. The SMILES string of the molecule is Cc1ccc(Nc2ncnc(Nc3ccc(Br)cc3)c2N)cc1. The average Bonchev–Trinajstić information content (AvgIpc) is 2.55. The molecule has 0 aliphatic heterocycles. The van der Waals surface area contributed by atoms with Crippen LogP contribution < -0.4 is 16.4 Å². The fraction of sp³-hybridized carbons (Fsp3) is 0.0588. The predicted octanol–water partition coefficient (Wildman–Crippen LogP) is 4.62. The minimum atomic E-state index is 0.469. The van der Waals surface area contributed by atoms with E-state index in [2.05, 4.69) is 36.5 Å². The first-order chi connectivity index (χ1) is 11.1. The highest BCUT2D eigenvalue weighted by atomic mass is 79.9. The summed E-state index contributed by atoms with van der Waals surface area (Å²) < 4.78 is 1.01. The molecule has 23 heavy (non-hydrogen) atoms. The number of nitrogens with zero attached hydrogens (tertiary/aromatic N) is 2. The summed E-state index contributed by atoms with van der Waals surface area (Å²) in [5.41, 5.74) is 9.68. The summed E-state index contributed by atoms with van der Waals surface area (Å²) in [6, 6.07) is 15.8. The van der Waals surface area contributed by atoms with E-state index in [4.69, 9.17) is 5.73 Å². The molecular formula is C17H16BrN5. The Balaban J connectivity index is 1.83.